The van der Waals surface area contributed by atoms with Crippen LogP contribution in [-0.2, 0) is 31.6 Å². The summed E-state index contributed by atoms with van der Waals surface area (Å²) in [6, 6.07) is 13.7. The Balaban J connectivity index is 2.43. The Labute approximate surface area is 228 Å². The number of rotatable bonds is 13. The SMILES string of the molecule is CCCCNC(=O)C(CC)N(Cc1cccc(OC)c1)C(=O)CN(c1ccc(C(C)(C)C)cc1)S(C)(=O)=O. The summed E-state index contributed by atoms with van der Waals surface area (Å²) in [5.41, 5.74) is 2.13. The number of nitrogens with one attached hydrogen (secondary N) is 1. The number of ether oxygens (including phenoxy) is 1. The lowest BCUT2D eigenvalue weighted by Crippen LogP contribution is -2.52. The first-order valence-corrected chi connectivity index (χ1v) is 14.9. The molecule has 0 fully saturated rings. The van der Waals surface area contributed by atoms with Crippen LogP contribution in [0.1, 0.15) is 65.0 Å². The van der Waals surface area contributed by atoms with Crippen molar-refractivity contribution >= 4 is 27.5 Å². The van der Waals surface area contributed by atoms with Crippen LogP contribution in [-0.4, -0.2) is 57.6 Å². The summed E-state index contributed by atoms with van der Waals surface area (Å²) in [6.45, 7) is 10.3. The molecular formula is C29H43N3O5S. The Morgan fingerprint density at radius 3 is 2.24 bits per heavy atom. The van der Waals surface area contributed by atoms with E-state index in [1.165, 1.54) is 4.90 Å². The first kappa shape index (κ1) is 31.1. The molecule has 0 bridgehead atoms. The summed E-state index contributed by atoms with van der Waals surface area (Å²) in [5.74, 6) is -0.0830. The molecule has 1 unspecified atom stereocenters. The van der Waals surface area contributed by atoms with Gasteiger partial charge in [0.2, 0.25) is 21.8 Å². The summed E-state index contributed by atoms with van der Waals surface area (Å²) in [5, 5.41) is 2.92. The number of sulfonamides is 1. The first-order chi connectivity index (χ1) is 17.8. The minimum Gasteiger partial charge on any atom is -0.497 e. The quantitative estimate of drug-likeness (QED) is 0.375. The van der Waals surface area contributed by atoms with Gasteiger partial charge in [-0.25, -0.2) is 8.42 Å². The van der Waals surface area contributed by atoms with E-state index in [0.717, 1.165) is 34.5 Å². The van der Waals surface area contributed by atoms with Crippen LogP contribution < -0.4 is 14.4 Å². The van der Waals surface area contributed by atoms with E-state index in [4.69, 9.17) is 4.74 Å². The van der Waals surface area contributed by atoms with Crippen LogP contribution in [0.2, 0.25) is 0 Å². The molecule has 8 nitrogen and oxygen atoms in total. The molecule has 2 aromatic rings. The van der Waals surface area contributed by atoms with E-state index in [1.807, 2.05) is 44.2 Å². The van der Waals surface area contributed by atoms with Gasteiger partial charge in [-0.2, -0.15) is 0 Å². The Morgan fingerprint density at radius 2 is 1.71 bits per heavy atom. The molecule has 0 aromatic heterocycles. The summed E-state index contributed by atoms with van der Waals surface area (Å²) in [7, 11) is -2.22. The summed E-state index contributed by atoms with van der Waals surface area (Å²) < 4.78 is 32.1. The van der Waals surface area contributed by atoms with E-state index >= 15 is 0 Å². The van der Waals surface area contributed by atoms with Gasteiger partial charge in [0.1, 0.15) is 18.3 Å². The van der Waals surface area contributed by atoms with Crippen molar-refractivity contribution in [2.45, 2.75) is 71.9 Å². The number of amides is 2. The maximum absolute atomic E-state index is 13.8. The highest BCUT2D eigenvalue weighted by Gasteiger charge is 2.31. The molecule has 0 radical (unpaired) electrons. The van der Waals surface area contributed by atoms with E-state index in [9.17, 15) is 18.0 Å². The topological polar surface area (TPSA) is 96.0 Å². The molecule has 0 spiro atoms. The van der Waals surface area contributed by atoms with Crippen LogP contribution in [0.25, 0.3) is 0 Å². The number of anilines is 1. The lowest BCUT2D eigenvalue weighted by molar-refractivity contribution is -0.140. The number of carbonyl (C=O) groups is 2. The number of methoxy groups -OCH3 is 1. The third-order valence-electron chi connectivity index (χ3n) is 6.40. The molecule has 2 amide bonds. The molecule has 0 aliphatic rings. The molecule has 1 atom stereocenters. The van der Waals surface area contributed by atoms with Gasteiger partial charge in [0.25, 0.3) is 0 Å². The van der Waals surface area contributed by atoms with Crippen LogP contribution in [0.5, 0.6) is 5.75 Å². The monoisotopic (exact) mass is 545 g/mol. The van der Waals surface area contributed by atoms with Gasteiger partial charge in [0.15, 0.2) is 0 Å². The Kier molecular flexibility index (Phi) is 11.2. The zero-order valence-corrected chi connectivity index (χ0v) is 24.6. The maximum atomic E-state index is 13.8. The van der Waals surface area contributed by atoms with Gasteiger partial charge in [-0.05, 0) is 53.6 Å². The lowest BCUT2D eigenvalue weighted by atomic mass is 9.87. The Morgan fingerprint density at radius 1 is 1.05 bits per heavy atom. The zero-order chi connectivity index (χ0) is 28.5. The van der Waals surface area contributed by atoms with Gasteiger partial charge in [0, 0.05) is 13.1 Å². The summed E-state index contributed by atoms with van der Waals surface area (Å²) in [6.07, 6.45) is 3.23. The van der Waals surface area contributed by atoms with Crippen LogP contribution in [0.4, 0.5) is 5.69 Å². The van der Waals surface area contributed by atoms with Crippen LogP contribution >= 0.6 is 0 Å². The minimum atomic E-state index is -3.78. The number of hydrogen-bond donors (Lipinski definition) is 1. The summed E-state index contributed by atoms with van der Waals surface area (Å²) >= 11 is 0. The molecule has 0 saturated heterocycles. The Bertz CT molecular complexity index is 1170. The van der Waals surface area contributed by atoms with Crippen molar-refractivity contribution in [2.24, 2.45) is 0 Å². The van der Waals surface area contributed by atoms with Crippen LogP contribution in [0.3, 0.4) is 0 Å². The highest BCUT2D eigenvalue weighted by atomic mass is 32.2. The van der Waals surface area contributed by atoms with E-state index in [-0.39, 0.29) is 17.9 Å². The average Bonchev–Trinajstić information content (AvgIpc) is 2.86. The van der Waals surface area contributed by atoms with Crippen LogP contribution in [0.15, 0.2) is 48.5 Å². The molecule has 9 heteroatoms. The van der Waals surface area contributed by atoms with Crippen molar-refractivity contribution < 1.29 is 22.7 Å². The minimum absolute atomic E-state index is 0.0999. The van der Waals surface area contributed by atoms with Crippen molar-refractivity contribution in [2.75, 3.05) is 30.8 Å². The van der Waals surface area contributed by atoms with E-state index in [1.54, 1.807) is 25.3 Å². The molecule has 210 valence electrons. The largest absolute Gasteiger partial charge is 0.497 e. The van der Waals surface area contributed by atoms with Gasteiger partial charge in [-0.3, -0.25) is 13.9 Å². The van der Waals surface area contributed by atoms with Crippen molar-refractivity contribution in [3.05, 3.63) is 59.7 Å². The molecule has 1 N–H and O–H groups in total. The van der Waals surface area contributed by atoms with E-state index in [2.05, 4.69) is 26.1 Å². The predicted octanol–water partition coefficient (Wildman–Crippen LogP) is 4.48. The molecule has 0 aliphatic heterocycles. The second-order valence-electron chi connectivity index (χ2n) is 10.5. The van der Waals surface area contributed by atoms with Crippen molar-refractivity contribution in [3.8, 4) is 5.75 Å². The van der Waals surface area contributed by atoms with E-state index < -0.39 is 28.5 Å². The highest BCUT2D eigenvalue weighted by molar-refractivity contribution is 7.92. The molecule has 0 saturated carbocycles. The fourth-order valence-corrected chi connectivity index (χ4v) is 4.98. The molecular weight excluding hydrogens is 502 g/mol. The number of benzene rings is 2. The van der Waals surface area contributed by atoms with Gasteiger partial charge in [0.05, 0.1) is 19.1 Å². The third-order valence-corrected chi connectivity index (χ3v) is 7.54. The third kappa shape index (κ3) is 8.75. The predicted molar refractivity (Wildman–Crippen MR) is 153 cm³/mol. The second-order valence-corrected chi connectivity index (χ2v) is 12.4. The second kappa shape index (κ2) is 13.6. The number of nitrogens with zero attached hydrogens (tertiary/aromatic N) is 2. The molecule has 0 aliphatic carbocycles. The fourth-order valence-electron chi connectivity index (χ4n) is 4.13. The molecule has 2 aromatic carbocycles. The molecule has 2 rings (SSSR count). The number of unbranched alkanes of at least 4 members (excludes halogenated alkanes) is 1. The van der Waals surface area contributed by atoms with Crippen molar-refractivity contribution in [3.63, 3.8) is 0 Å². The smallest absolute Gasteiger partial charge is 0.244 e. The van der Waals surface area contributed by atoms with Gasteiger partial charge < -0.3 is 15.0 Å². The van der Waals surface area contributed by atoms with Gasteiger partial charge >= 0.3 is 0 Å². The molecule has 38 heavy (non-hydrogen) atoms. The number of carbonyl (C=O) groups excluding carboxylic acids is 2. The first-order valence-electron chi connectivity index (χ1n) is 13.1. The van der Waals surface area contributed by atoms with Gasteiger partial charge in [-0.15, -0.1) is 0 Å². The highest BCUT2D eigenvalue weighted by Crippen LogP contribution is 2.26. The lowest BCUT2D eigenvalue weighted by Gasteiger charge is -2.33. The average molecular weight is 546 g/mol. The fraction of sp³-hybridized carbons (Fsp3) is 0.517. The van der Waals surface area contributed by atoms with E-state index in [0.29, 0.717) is 24.4 Å². The zero-order valence-electron chi connectivity index (χ0n) is 23.8. The van der Waals surface area contributed by atoms with Crippen molar-refractivity contribution in [1.82, 2.24) is 10.2 Å². The normalized spacial score (nSPS) is 12.5. The maximum Gasteiger partial charge on any atom is 0.244 e. The van der Waals surface area contributed by atoms with Crippen molar-refractivity contribution in [1.29, 1.82) is 0 Å². The number of hydrogen-bond acceptors (Lipinski definition) is 5. The molecule has 0 heterocycles. The van der Waals surface area contributed by atoms with Gasteiger partial charge in [-0.1, -0.05) is 65.3 Å². The van der Waals surface area contributed by atoms with Crippen LogP contribution in [0, 0.1) is 0 Å². The standard InChI is InChI=1S/C29H43N3O5S/c1-8-10-18-30-28(34)26(9-2)31(20-22-12-11-13-25(19-22)37-6)27(33)21-32(38(7,35)36)24-16-14-23(15-17-24)29(3,4)5/h11-17,19,26H,8-10,18,20-21H2,1-7H3,(H,30,34). The summed E-state index contributed by atoms with van der Waals surface area (Å²) in [4.78, 5) is 28.4. The Hall–Kier alpha value is -3.07.